The van der Waals surface area contributed by atoms with E-state index in [9.17, 15) is 14.7 Å². The maximum Gasteiger partial charge on any atom is 0.223 e. The predicted molar refractivity (Wildman–Crippen MR) is 109 cm³/mol. The van der Waals surface area contributed by atoms with Crippen LogP contribution in [-0.2, 0) is 4.57 Å². The summed E-state index contributed by atoms with van der Waals surface area (Å²) in [6.07, 6.45) is 0. The van der Waals surface area contributed by atoms with Crippen LogP contribution in [-0.4, -0.2) is 11.5 Å². The lowest BCUT2D eigenvalue weighted by Crippen LogP contribution is -2.33. The Morgan fingerprint density at radius 1 is 0.889 bits per heavy atom. The van der Waals surface area contributed by atoms with E-state index in [1.807, 2.05) is 67.6 Å². The van der Waals surface area contributed by atoms with Gasteiger partial charge in [-0.05, 0) is 36.8 Å². The summed E-state index contributed by atoms with van der Waals surface area (Å²) in [7, 11) is -3.27. The monoisotopic (exact) mass is 380 g/mol. The SMILES string of the molecule is Cc1ccc([C@@H](C[N+](=O)[O-])NP(=O)(c2ccccc2)c2ccccc2)cc1. The molecule has 3 rings (SSSR count). The molecule has 1 N–H and O–H groups in total. The minimum absolute atomic E-state index is 0.354. The Morgan fingerprint density at radius 2 is 1.37 bits per heavy atom. The van der Waals surface area contributed by atoms with Crippen LogP contribution < -0.4 is 15.7 Å². The van der Waals surface area contributed by atoms with Gasteiger partial charge < -0.3 is 0 Å². The minimum atomic E-state index is -3.27. The van der Waals surface area contributed by atoms with Crippen LogP contribution in [0, 0.1) is 17.0 Å². The molecule has 3 aromatic rings. The van der Waals surface area contributed by atoms with Crippen LogP contribution in [0.2, 0.25) is 0 Å². The van der Waals surface area contributed by atoms with E-state index in [4.69, 9.17) is 0 Å². The van der Waals surface area contributed by atoms with Crippen molar-refractivity contribution in [1.29, 1.82) is 0 Å². The summed E-state index contributed by atoms with van der Waals surface area (Å²) >= 11 is 0. The molecule has 0 radical (unpaired) electrons. The van der Waals surface area contributed by atoms with Crippen LogP contribution in [0.4, 0.5) is 0 Å². The van der Waals surface area contributed by atoms with Gasteiger partial charge in [-0.25, -0.2) is 5.09 Å². The zero-order valence-corrected chi connectivity index (χ0v) is 15.9. The summed E-state index contributed by atoms with van der Waals surface area (Å²) in [5.74, 6) is 0. The van der Waals surface area contributed by atoms with Crippen LogP contribution >= 0.6 is 7.29 Å². The first kappa shape index (κ1) is 19.0. The molecule has 1 atom stereocenters. The van der Waals surface area contributed by atoms with Crippen molar-refractivity contribution >= 4 is 17.9 Å². The van der Waals surface area contributed by atoms with Crippen LogP contribution in [0.15, 0.2) is 84.9 Å². The van der Waals surface area contributed by atoms with Crippen molar-refractivity contribution in [2.24, 2.45) is 0 Å². The predicted octanol–water partition coefficient (Wildman–Crippen LogP) is 3.83. The first-order chi connectivity index (χ1) is 13.0. The number of aryl methyl sites for hydroxylation is 1. The molecule has 5 nitrogen and oxygen atoms in total. The van der Waals surface area contributed by atoms with Crippen LogP contribution in [0.3, 0.4) is 0 Å². The second-order valence-corrected chi connectivity index (χ2v) is 8.90. The van der Waals surface area contributed by atoms with Gasteiger partial charge >= 0.3 is 0 Å². The highest BCUT2D eigenvalue weighted by atomic mass is 31.2. The van der Waals surface area contributed by atoms with Crippen molar-refractivity contribution < 1.29 is 9.49 Å². The maximum absolute atomic E-state index is 14.1. The van der Waals surface area contributed by atoms with Crippen molar-refractivity contribution in [1.82, 2.24) is 5.09 Å². The normalized spacial score (nSPS) is 12.5. The van der Waals surface area contributed by atoms with E-state index in [1.165, 1.54) is 0 Å². The van der Waals surface area contributed by atoms with Gasteiger partial charge in [-0.2, -0.15) is 0 Å². The fraction of sp³-hybridized carbons (Fsp3) is 0.143. The first-order valence-corrected chi connectivity index (χ1v) is 10.4. The van der Waals surface area contributed by atoms with Crippen LogP contribution in [0.5, 0.6) is 0 Å². The number of nitro groups is 1. The van der Waals surface area contributed by atoms with E-state index >= 15 is 0 Å². The number of hydrogen-bond acceptors (Lipinski definition) is 3. The van der Waals surface area contributed by atoms with E-state index in [2.05, 4.69) is 5.09 Å². The lowest BCUT2D eigenvalue weighted by Gasteiger charge is -2.25. The fourth-order valence-electron chi connectivity index (χ4n) is 2.96. The van der Waals surface area contributed by atoms with Crippen molar-refractivity contribution in [2.75, 3.05) is 6.54 Å². The molecule has 138 valence electrons. The van der Waals surface area contributed by atoms with Gasteiger partial charge in [0.25, 0.3) is 0 Å². The Morgan fingerprint density at radius 3 is 1.81 bits per heavy atom. The molecule has 27 heavy (non-hydrogen) atoms. The highest BCUT2D eigenvalue weighted by molar-refractivity contribution is 7.76. The third-order valence-corrected chi connectivity index (χ3v) is 7.11. The molecule has 0 saturated heterocycles. The number of nitrogens with one attached hydrogen (secondary N) is 1. The van der Waals surface area contributed by atoms with E-state index < -0.39 is 13.3 Å². The topological polar surface area (TPSA) is 72.2 Å². The Hall–Kier alpha value is -2.75. The third kappa shape index (κ3) is 4.51. The van der Waals surface area contributed by atoms with E-state index in [-0.39, 0.29) is 11.5 Å². The lowest BCUT2D eigenvalue weighted by atomic mass is 10.1. The van der Waals surface area contributed by atoms with E-state index in [0.29, 0.717) is 10.6 Å². The zero-order chi connectivity index (χ0) is 19.3. The molecule has 6 heteroatoms. The standard InChI is InChI=1S/C21H21N2O3P/c1-17-12-14-18(15-13-17)21(16-23(24)25)22-27(26,19-8-4-2-5-9-19)20-10-6-3-7-11-20/h2-15,21H,16H2,1H3,(H,22,26)/t21-/m1/s1. The Kier molecular flexibility index (Phi) is 5.84. The smallest absolute Gasteiger partial charge is 0.223 e. The highest BCUT2D eigenvalue weighted by Crippen LogP contribution is 2.41. The first-order valence-electron chi connectivity index (χ1n) is 8.66. The Balaban J connectivity index is 2.07. The summed E-state index contributed by atoms with van der Waals surface area (Å²) in [6.45, 7) is 1.60. The lowest BCUT2D eigenvalue weighted by molar-refractivity contribution is -0.483. The number of rotatable bonds is 7. The summed E-state index contributed by atoms with van der Waals surface area (Å²) in [5.41, 5.74) is 1.80. The molecule has 0 aliphatic heterocycles. The minimum Gasteiger partial charge on any atom is -0.296 e. The van der Waals surface area contributed by atoms with Gasteiger partial charge in [0.15, 0.2) is 0 Å². The summed E-state index contributed by atoms with van der Waals surface area (Å²) < 4.78 is 14.1. The second kappa shape index (κ2) is 8.30. The van der Waals surface area contributed by atoms with Crippen molar-refractivity contribution in [2.45, 2.75) is 13.0 Å². The van der Waals surface area contributed by atoms with Crippen molar-refractivity contribution in [3.05, 3.63) is 106 Å². The number of nitrogens with zero attached hydrogens (tertiary/aromatic N) is 1. The molecule has 3 aromatic carbocycles. The molecule has 0 spiro atoms. The Labute approximate surface area is 158 Å². The van der Waals surface area contributed by atoms with Crippen LogP contribution in [0.1, 0.15) is 17.2 Å². The van der Waals surface area contributed by atoms with E-state index in [1.54, 1.807) is 24.3 Å². The van der Waals surface area contributed by atoms with Crippen molar-refractivity contribution in [3.63, 3.8) is 0 Å². The van der Waals surface area contributed by atoms with Gasteiger partial charge in [-0.1, -0.05) is 66.2 Å². The fourth-order valence-corrected chi connectivity index (χ4v) is 5.41. The molecule has 0 unspecified atom stereocenters. The molecule has 0 fully saturated rings. The summed E-state index contributed by atoms with van der Waals surface area (Å²) in [5, 5.41) is 15.7. The van der Waals surface area contributed by atoms with Gasteiger partial charge in [0.05, 0.1) is 0 Å². The van der Waals surface area contributed by atoms with Gasteiger partial charge in [0, 0.05) is 15.5 Å². The van der Waals surface area contributed by atoms with Gasteiger partial charge in [0.2, 0.25) is 13.8 Å². The van der Waals surface area contributed by atoms with Crippen molar-refractivity contribution in [3.8, 4) is 0 Å². The maximum atomic E-state index is 14.1. The average Bonchev–Trinajstić information content (AvgIpc) is 2.69. The van der Waals surface area contributed by atoms with Gasteiger partial charge in [-0.3, -0.25) is 14.7 Å². The average molecular weight is 380 g/mol. The number of benzene rings is 3. The second-order valence-electron chi connectivity index (χ2n) is 6.39. The van der Waals surface area contributed by atoms with E-state index in [0.717, 1.165) is 11.1 Å². The summed E-state index contributed by atoms with van der Waals surface area (Å²) in [4.78, 5) is 10.9. The molecule has 0 bridgehead atoms. The largest absolute Gasteiger partial charge is 0.296 e. The third-order valence-electron chi connectivity index (χ3n) is 4.39. The highest BCUT2D eigenvalue weighted by Gasteiger charge is 2.32. The van der Waals surface area contributed by atoms with Crippen LogP contribution in [0.25, 0.3) is 0 Å². The van der Waals surface area contributed by atoms with Gasteiger partial charge in [0.1, 0.15) is 6.04 Å². The number of hydrogen-bond donors (Lipinski definition) is 1. The molecule has 0 amide bonds. The van der Waals surface area contributed by atoms with Gasteiger partial charge in [-0.15, -0.1) is 0 Å². The zero-order valence-electron chi connectivity index (χ0n) is 15.0. The molecule has 0 aliphatic rings. The molecular formula is C21H21N2O3P. The molecule has 0 aromatic heterocycles. The molecular weight excluding hydrogens is 359 g/mol. The summed E-state index contributed by atoms with van der Waals surface area (Å²) in [6, 6.07) is 25.0. The molecule has 0 aliphatic carbocycles. The molecule has 0 heterocycles. The molecule has 0 saturated carbocycles. The Bertz CT molecular complexity index is 901. The quantitative estimate of drug-likeness (QED) is 0.384.